The maximum Gasteiger partial charge on any atom is 0.135 e. The van der Waals surface area contributed by atoms with Crippen LogP contribution in [0.5, 0.6) is 23.0 Å². The first-order valence-corrected chi connectivity index (χ1v) is 19.4. The van der Waals surface area contributed by atoms with Crippen molar-refractivity contribution in [3.63, 3.8) is 0 Å². The third-order valence-corrected chi connectivity index (χ3v) is 11.7. The van der Waals surface area contributed by atoms with Crippen LogP contribution in [0.3, 0.4) is 0 Å². The van der Waals surface area contributed by atoms with Crippen molar-refractivity contribution in [3.05, 3.63) is 103 Å². The Morgan fingerprint density at radius 1 is 0.529 bits per heavy atom. The minimum absolute atomic E-state index is 0.0827. The molecule has 8 heteroatoms. The van der Waals surface area contributed by atoms with Crippen molar-refractivity contribution in [2.24, 2.45) is 0 Å². The average molecular weight is 709 g/mol. The summed E-state index contributed by atoms with van der Waals surface area (Å²) in [5, 5.41) is 1.07. The van der Waals surface area contributed by atoms with Crippen LogP contribution in [-0.2, 0) is 4.79 Å². The lowest BCUT2D eigenvalue weighted by molar-refractivity contribution is -0.119. The van der Waals surface area contributed by atoms with E-state index in [2.05, 4.69) is 18.2 Å². The van der Waals surface area contributed by atoms with E-state index in [1.807, 2.05) is 116 Å². The monoisotopic (exact) mass is 708 g/mol. The smallest absolute Gasteiger partial charge is 0.135 e. The number of ether oxygens (including phenoxy) is 4. The minimum atomic E-state index is -1.27. The first-order valence-electron chi connectivity index (χ1n) is 17.9. The Morgan fingerprint density at radius 3 is 1.20 bits per heavy atom. The molecule has 1 fully saturated rings. The number of carbonyl (C=O) groups is 1. The fraction of sp³-hybridized carbons (Fsp3) is 0.372. The van der Waals surface area contributed by atoms with Crippen LogP contribution in [0.4, 0.5) is 0 Å². The van der Waals surface area contributed by atoms with Gasteiger partial charge in [-0.1, -0.05) is 38.3 Å². The number of ketones is 1. The minimum Gasteiger partial charge on any atom is -0.490 e. The second-order valence-corrected chi connectivity index (χ2v) is 16.6. The summed E-state index contributed by atoms with van der Waals surface area (Å²) in [5.41, 5.74) is 3.19. The van der Waals surface area contributed by atoms with E-state index in [-0.39, 0.29) is 41.5 Å². The van der Waals surface area contributed by atoms with E-state index >= 15 is 0 Å². The SMILES string of the molecule is CC(C)Oc1cccc(OC(C)C)c1-c1cccc(-c2c(OC(C)C)cccc2OC(C)C)c1P1C(c2ccco2)CC(=O)CC1c1ccco1. The van der Waals surface area contributed by atoms with E-state index in [1.165, 1.54) is 0 Å². The Hall–Kier alpha value is -4.48. The summed E-state index contributed by atoms with van der Waals surface area (Å²) in [4.78, 5) is 13.7. The molecule has 0 radical (unpaired) electrons. The molecule has 0 aliphatic carbocycles. The molecule has 0 saturated carbocycles. The number of hydrogen-bond donors (Lipinski definition) is 0. The summed E-state index contributed by atoms with van der Waals surface area (Å²) in [6, 6.07) is 26.2. The zero-order valence-corrected chi connectivity index (χ0v) is 31.7. The second kappa shape index (κ2) is 15.8. The van der Waals surface area contributed by atoms with Gasteiger partial charge in [0, 0.05) is 24.2 Å². The molecule has 3 heterocycles. The largest absolute Gasteiger partial charge is 0.490 e. The molecule has 0 spiro atoms. The Bertz CT molecular complexity index is 1720. The van der Waals surface area contributed by atoms with Crippen LogP contribution in [0.15, 0.2) is 100 Å². The lowest BCUT2D eigenvalue weighted by atomic mass is 9.96. The molecule has 5 aromatic rings. The van der Waals surface area contributed by atoms with Crippen LogP contribution >= 0.6 is 7.92 Å². The summed E-state index contributed by atoms with van der Waals surface area (Å²) in [7, 11) is -1.27. The first kappa shape index (κ1) is 36.3. The van der Waals surface area contributed by atoms with Gasteiger partial charge in [0.2, 0.25) is 0 Å². The fourth-order valence-electron chi connectivity index (χ4n) is 6.86. The van der Waals surface area contributed by atoms with E-state index in [9.17, 15) is 4.79 Å². The predicted molar refractivity (Wildman–Crippen MR) is 204 cm³/mol. The van der Waals surface area contributed by atoms with Crippen LogP contribution in [0, 0.1) is 0 Å². The van der Waals surface area contributed by atoms with Gasteiger partial charge >= 0.3 is 0 Å². The van der Waals surface area contributed by atoms with Crippen LogP contribution in [0.25, 0.3) is 22.3 Å². The maximum atomic E-state index is 13.7. The van der Waals surface area contributed by atoms with Gasteiger partial charge < -0.3 is 27.8 Å². The molecule has 2 atom stereocenters. The molecule has 1 saturated heterocycles. The second-order valence-electron chi connectivity index (χ2n) is 14.0. The van der Waals surface area contributed by atoms with E-state index in [1.54, 1.807) is 12.5 Å². The van der Waals surface area contributed by atoms with Crippen molar-refractivity contribution in [3.8, 4) is 45.3 Å². The molecule has 0 N–H and O–H groups in total. The molecule has 268 valence electrons. The number of carbonyl (C=O) groups excluding carboxylic acids is 1. The summed E-state index contributed by atoms with van der Waals surface area (Å²) in [5.74, 6) is 4.62. The average Bonchev–Trinajstić information content (AvgIpc) is 3.79. The van der Waals surface area contributed by atoms with E-state index in [0.717, 1.165) is 62.1 Å². The summed E-state index contributed by atoms with van der Waals surface area (Å²) in [6.07, 6.45) is 3.75. The zero-order chi connectivity index (χ0) is 36.2. The molecule has 0 amide bonds. The Balaban J connectivity index is 1.77. The molecule has 7 nitrogen and oxygen atoms in total. The lowest BCUT2D eigenvalue weighted by Crippen LogP contribution is -2.26. The Morgan fingerprint density at radius 2 is 0.882 bits per heavy atom. The van der Waals surface area contributed by atoms with E-state index < -0.39 is 7.92 Å². The lowest BCUT2D eigenvalue weighted by Gasteiger charge is -2.39. The highest BCUT2D eigenvalue weighted by Gasteiger charge is 2.45. The fourth-order valence-corrected chi connectivity index (χ4v) is 10.5. The van der Waals surface area contributed by atoms with Gasteiger partial charge in [-0.2, -0.15) is 0 Å². The molecule has 6 rings (SSSR count). The van der Waals surface area contributed by atoms with Gasteiger partial charge in [-0.25, -0.2) is 0 Å². The van der Waals surface area contributed by atoms with Crippen molar-refractivity contribution in [2.45, 2.75) is 104 Å². The number of hydrogen-bond acceptors (Lipinski definition) is 7. The number of rotatable bonds is 13. The molecule has 2 aromatic heterocycles. The zero-order valence-electron chi connectivity index (χ0n) is 30.8. The molecule has 0 bridgehead atoms. The van der Waals surface area contributed by atoms with Gasteiger partial charge in [0.15, 0.2) is 0 Å². The van der Waals surface area contributed by atoms with E-state index in [0.29, 0.717) is 12.8 Å². The molecule has 1 aliphatic heterocycles. The van der Waals surface area contributed by atoms with Crippen LogP contribution < -0.4 is 24.3 Å². The molecular weight excluding hydrogens is 659 g/mol. The summed E-state index contributed by atoms with van der Waals surface area (Å²) in [6.45, 7) is 16.2. The number of Topliss-reactive ketones (excluding diaryl/α,β-unsaturated/α-hetero) is 1. The van der Waals surface area contributed by atoms with Crippen molar-refractivity contribution < 1.29 is 32.6 Å². The topological polar surface area (TPSA) is 80.3 Å². The Kier molecular flexibility index (Phi) is 11.3. The van der Waals surface area contributed by atoms with E-state index in [4.69, 9.17) is 27.8 Å². The van der Waals surface area contributed by atoms with Gasteiger partial charge in [0.05, 0.1) is 48.1 Å². The normalized spacial score (nSPS) is 17.8. The molecule has 2 unspecified atom stereocenters. The summed E-state index contributed by atoms with van der Waals surface area (Å²) < 4.78 is 38.6. The first-order chi connectivity index (χ1) is 24.5. The van der Waals surface area contributed by atoms with Crippen molar-refractivity contribution in [1.29, 1.82) is 0 Å². The molecular formula is C43H49O7P. The molecule has 1 aliphatic rings. The van der Waals surface area contributed by atoms with Crippen LogP contribution in [0.2, 0.25) is 0 Å². The molecule has 51 heavy (non-hydrogen) atoms. The number of furan rings is 2. The van der Waals surface area contributed by atoms with Crippen molar-refractivity contribution >= 4 is 19.0 Å². The van der Waals surface area contributed by atoms with Gasteiger partial charge in [-0.05, 0) is 120 Å². The van der Waals surface area contributed by atoms with Gasteiger partial charge in [0.25, 0.3) is 0 Å². The molecule has 3 aromatic carbocycles. The van der Waals surface area contributed by atoms with Gasteiger partial charge in [-0.3, -0.25) is 4.79 Å². The predicted octanol–water partition coefficient (Wildman–Crippen LogP) is 11.3. The summed E-state index contributed by atoms with van der Waals surface area (Å²) >= 11 is 0. The highest BCUT2D eigenvalue weighted by atomic mass is 31.1. The van der Waals surface area contributed by atoms with Crippen molar-refractivity contribution in [2.75, 3.05) is 0 Å². The number of benzene rings is 3. The third-order valence-electron chi connectivity index (χ3n) is 8.52. The van der Waals surface area contributed by atoms with Crippen LogP contribution in [0.1, 0.15) is 91.1 Å². The van der Waals surface area contributed by atoms with Gasteiger partial charge in [0.1, 0.15) is 40.3 Å². The third kappa shape index (κ3) is 8.05. The van der Waals surface area contributed by atoms with Crippen molar-refractivity contribution in [1.82, 2.24) is 0 Å². The highest BCUT2D eigenvalue weighted by molar-refractivity contribution is 7.67. The maximum absolute atomic E-state index is 13.7. The standard InChI is InChI=1S/C43H49O7P/c1-26(2)47-35-16-10-17-36(48-27(3)4)41(35)31-14-9-15-32(42-37(49-28(5)6)18-11-19-38(42)50-29(7)8)43(31)51-39(33-20-12-22-45-33)24-30(44)25-40(51)34-21-13-23-46-34/h9-23,26-29,39-40H,24-25H2,1-8H3. The van der Waals surface area contributed by atoms with Crippen LogP contribution in [-0.4, -0.2) is 30.2 Å². The quantitative estimate of drug-likeness (QED) is 0.113. The highest BCUT2D eigenvalue weighted by Crippen LogP contribution is 2.68. The van der Waals surface area contributed by atoms with Gasteiger partial charge in [-0.15, -0.1) is 0 Å². The Labute approximate surface area is 303 Å².